The average molecular weight is 326 g/mol. The minimum atomic E-state index is -0.322. The van der Waals surface area contributed by atoms with Crippen LogP contribution in [0.4, 0.5) is 0 Å². The number of aromatic amines is 1. The molecule has 2 aliphatic heterocycles. The Kier molecular flexibility index (Phi) is 3.98. The second-order valence-electron chi connectivity index (χ2n) is 6.60. The number of carbonyl (C=O) groups excluding carboxylic acids is 1. The van der Waals surface area contributed by atoms with Gasteiger partial charge in [0.05, 0.1) is 12.0 Å². The summed E-state index contributed by atoms with van der Waals surface area (Å²) in [6.07, 6.45) is 4.41. The molecule has 3 N–H and O–H groups in total. The maximum Gasteiger partial charge on any atom is 0.246 e. The molecule has 1 fully saturated rings. The maximum absolute atomic E-state index is 12.9. The predicted octanol–water partition coefficient (Wildman–Crippen LogP) is 1.71. The molecular formula is C18H22N4O2. The van der Waals surface area contributed by atoms with Crippen LogP contribution in [0.15, 0.2) is 30.6 Å². The molecule has 2 aliphatic rings. The molecule has 0 spiro atoms. The van der Waals surface area contributed by atoms with Gasteiger partial charge in [0.15, 0.2) is 0 Å². The van der Waals surface area contributed by atoms with E-state index in [9.17, 15) is 9.90 Å². The molecule has 1 atom stereocenters. The van der Waals surface area contributed by atoms with Crippen molar-refractivity contribution >= 4 is 5.91 Å². The third-order valence-electron chi connectivity index (χ3n) is 5.14. The number of fused-ring (bicyclic) bond motifs is 1. The minimum absolute atomic E-state index is 0.123. The highest BCUT2D eigenvalue weighted by atomic mass is 16.3. The Labute approximate surface area is 140 Å². The van der Waals surface area contributed by atoms with Crippen molar-refractivity contribution in [3.8, 4) is 5.75 Å². The SMILES string of the molecule is O=C([C@@H]1NCCc2[nH]cnc21)N1CCC(c2cccc(O)c2)CC1. The van der Waals surface area contributed by atoms with E-state index < -0.39 is 0 Å². The molecule has 1 saturated heterocycles. The average Bonchev–Trinajstić information content (AvgIpc) is 3.10. The van der Waals surface area contributed by atoms with Gasteiger partial charge in [-0.15, -0.1) is 0 Å². The van der Waals surface area contributed by atoms with Crippen LogP contribution in [-0.4, -0.2) is 45.5 Å². The van der Waals surface area contributed by atoms with Crippen LogP contribution < -0.4 is 5.32 Å². The molecule has 3 heterocycles. The van der Waals surface area contributed by atoms with E-state index in [1.807, 2.05) is 17.0 Å². The second-order valence-corrected chi connectivity index (χ2v) is 6.60. The number of aromatic hydroxyl groups is 1. The lowest BCUT2D eigenvalue weighted by molar-refractivity contribution is -0.135. The summed E-state index contributed by atoms with van der Waals surface area (Å²) in [4.78, 5) is 22.3. The Morgan fingerprint density at radius 2 is 2.12 bits per heavy atom. The van der Waals surface area contributed by atoms with E-state index >= 15 is 0 Å². The lowest BCUT2D eigenvalue weighted by Gasteiger charge is -2.35. The Bertz CT molecular complexity index is 734. The zero-order valence-corrected chi connectivity index (χ0v) is 13.5. The number of piperidine rings is 1. The third-order valence-corrected chi connectivity index (χ3v) is 5.14. The van der Waals surface area contributed by atoms with Gasteiger partial charge in [0.1, 0.15) is 11.8 Å². The smallest absolute Gasteiger partial charge is 0.246 e. The Morgan fingerprint density at radius 1 is 1.29 bits per heavy atom. The van der Waals surface area contributed by atoms with Crippen LogP contribution in [0, 0.1) is 0 Å². The van der Waals surface area contributed by atoms with Crippen molar-refractivity contribution in [2.45, 2.75) is 31.2 Å². The largest absolute Gasteiger partial charge is 0.508 e. The number of hydrogen-bond acceptors (Lipinski definition) is 4. The van der Waals surface area contributed by atoms with E-state index in [-0.39, 0.29) is 11.9 Å². The standard InChI is InChI=1S/C18H22N4O2/c23-14-3-1-2-13(10-14)12-5-8-22(9-6-12)18(24)17-16-15(4-7-19-17)20-11-21-16/h1-3,10-12,17,19,23H,4-9H2,(H,20,21)/t17-/m1/s1. The number of H-pyrrole nitrogens is 1. The van der Waals surface area contributed by atoms with Crippen LogP contribution in [0.25, 0.3) is 0 Å². The van der Waals surface area contributed by atoms with E-state index in [1.54, 1.807) is 12.4 Å². The molecule has 4 rings (SSSR count). The first-order chi connectivity index (χ1) is 11.7. The quantitative estimate of drug-likeness (QED) is 0.785. The van der Waals surface area contributed by atoms with E-state index in [2.05, 4.69) is 21.4 Å². The van der Waals surface area contributed by atoms with Crippen LogP contribution >= 0.6 is 0 Å². The number of imidazole rings is 1. The van der Waals surface area contributed by atoms with Gasteiger partial charge in [-0.1, -0.05) is 12.1 Å². The fourth-order valence-electron chi connectivity index (χ4n) is 3.82. The number of hydrogen-bond donors (Lipinski definition) is 3. The summed E-state index contributed by atoms with van der Waals surface area (Å²) in [5.74, 6) is 0.835. The molecule has 0 aliphatic carbocycles. The zero-order chi connectivity index (χ0) is 16.5. The van der Waals surface area contributed by atoms with E-state index in [1.165, 1.54) is 0 Å². The molecule has 0 unspecified atom stereocenters. The highest BCUT2D eigenvalue weighted by molar-refractivity contribution is 5.83. The number of amides is 1. The zero-order valence-electron chi connectivity index (χ0n) is 13.5. The Hall–Kier alpha value is -2.34. The van der Waals surface area contributed by atoms with E-state index in [0.717, 1.165) is 55.8 Å². The number of phenols is 1. The highest BCUT2D eigenvalue weighted by Gasteiger charge is 2.33. The Balaban J connectivity index is 1.42. The second kappa shape index (κ2) is 6.28. The number of likely N-dealkylation sites (tertiary alicyclic amines) is 1. The number of benzene rings is 1. The van der Waals surface area contributed by atoms with Gasteiger partial charge in [-0.3, -0.25) is 4.79 Å². The molecule has 6 nitrogen and oxygen atoms in total. The monoisotopic (exact) mass is 326 g/mol. The molecule has 126 valence electrons. The van der Waals surface area contributed by atoms with Crippen LogP contribution in [0.1, 0.15) is 41.8 Å². The maximum atomic E-state index is 12.9. The lowest BCUT2D eigenvalue weighted by atomic mass is 9.89. The number of nitrogens with zero attached hydrogens (tertiary/aromatic N) is 2. The molecule has 24 heavy (non-hydrogen) atoms. The van der Waals surface area contributed by atoms with Crippen LogP contribution in [0.2, 0.25) is 0 Å². The van der Waals surface area contributed by atoms with Gasteiger partial charge in [-0.05, 0) is 36.5 Å². The molecular weight excluding hydrogens is 304 g/mol. The molecule has 0 saturated carbocycles. The highest BCUT2D eigenvalue weighted by Crippen LogP contribution is 2.31. The van der Waals surface area contributed by atoms with Crippen LogP contribution in [0.3, 0.4) is 0 Å². The topological polar surface area (TPSA) is 81.2 Å². The van der Waals surface area contributed by atoms with Crippen molar-refractivity contribution in [1.82, 2.24) is 20.2 Å². The normalized spacial score (nSPS) is 21.5. The first kappa shape index (κ1) is 15.2. The molecule has 0 radical (unpaired) electrons. The number of phenolic OH excluding ortho intramolecular Hbond substituents is 1. The fourth-order valence-corrected chi connectivity index (χ4v) is 3.82. The van der Waals surface area contributed by atoms with Crippen molar-refractivity contribution in [2.24, 2.45) is 0 Å². The summed E-state index contributed by atoms with van der Waals surface area (Å²) >= 11 is 0. The summed E-state index contributed by atoms with van der Waals surface area (Å²) in [5.41, 5.74) is 3.08. The first-order valence-corrected chi connectivity index (χ1v) is 8.55. The number of carbonyl (C=O) groups is 1. The first-order valence-electron chi connectivity index (χ1n) is 8.55. The lowest BCUT2D eigenvalue weighted by Crippen LogP contribution is -2.46. The minimum Gasteiger partial charge on any atom is -0.508 e. The number of aromatic nitrogens is 2. The molecule has 1 aromatic carbocycles. The van der Waals surface area contributed by atoms with E-state index in [4.69, 9.17) is 0 Å². The van der Waals surface area contributed by atoms with Crippen molar-refractivity contribution in [3.63, 3.8) is 0 Å². The van der Waals surface area contributed by atoms with Gasteiger partial charge in [-0.2, -0.15) is 0 Å². The molecule has 6 heteroatoms. The van der Waals surface area contributed by atoms with Gasteiger partial charge in [0.25, 0.3) is 0 Å². The van der Waals surface area contributed by atoms with Crippen LogP contribution in [-0.2, 0) is 11.2 Å². The molecule has 1 amide bonds. The summed E-state index contributed by atoms with van der Waals surface area (Å²) in [6, 6.07) is 7.14. The number of rotatable bonds is 2. The van der Waals surface area contributed by atoms with Crippen molar-refractivity contribution < 1.29 is 9.90 Å². The summed E-state index contributed by atoms with van der Waals surface area (Å²) in [7, 11) is 0. The van der Waals surface area contributed by atoms with Gasteiger partial charge < -0.3 is 20.3 Å². The summed E-state index contributed by atoms with van der Waals surface area (Å²) in [5, 5.41) is 12.9. The molecule has 0 bridgehead atoms. The molecule has 1 aromatic heterocycles. The fraction of sp³-hybridized carbons (Fsp3) is 0.444. The van der Waals surface area contributed by atoms with Gasteiger partial charge in [0.2, 0.25) is 5.91 Å². The van der Waals surface area contributed by atoms with Gasteiger partial charge in [-0.25, -0.2) is 4.98 Å². The van der Waals surface area contributed by atoms with Crippen LogP contribution in [0.5, 0.6) is 5.75 Å². The van der Waals surface area contributed by atoms with Crippen molar-refractivity contribution in [3.05, 3.63) is 47.5 Å². The Morgan fingerprint density at radius 3 is 2.92 bits per heavy atom. The number of nitrogens with one attached hydrogen (secondary N) is 2. The molecule has 2 aromatic rings. The van der Waals surface area contributed by atoms with Crippen molar-refractivity contribution in [2.75, 3.05) is 19.6 Å². The van der Waals surface area contributed by atoms with Gasteiger partial charge >= 0.3 is 0 Å². The van der Waals surface area contributed by atoms with Gasteiger partial charge in [0, 0.05) is 31.7 Å². The summed E-state index contributed by atoms with van der Waals surface area (Å²) < 4.78 is 0. The van der Waals surface area contributed by atoms with Crippen molar-refractivity contribution in [1.29, 1.82) is 0 Å². The predicted molar refractivity (Wildman–Crippen MR) is 89.7 cm³/mol. The third kappa shape index (κ3) is 2.78. The summed E-state index contributed by atoms with van der Waals surface area (Å²) in [6.45, 7) is 2.29. The van der Waals surface area contributed by atoms with E-state index in [0.29, 0.717) is 11.7 Å².